The minimum absolute atomic E-state index is 0.706. The number of aromatic nitrogens is 1. The summed E-state index contributed by atoms with van der Waals surface area (Å²) in [6.07, 6.45) is 4.63. The predicted molar refractivity (Wildman–Crippen MR) is 96.5 cm³/mol. The largest absolute Gasteiger partial charge is 0.382 e. The Kier molecular flexibility index (Phi) is 5.55. The van der Waals surface area contributed by atoms with Crippen LogP contribution in [0.3, 0.4) is 0 Å². The van der Waals surface area contributed by atoms with E-state index >= 15 is 0 Å². The van der Waals surface area contributed by atoms with Gasteiger partial charge in [0.25, 0.3) is 0 Å². The number of ether oxygens (including phenoxy) is 1. The maximum atomic E-state index is 6.13. The zero-order valence-corrected chi connectivity index (χ0v) is 14.8. The van der Waals surface area contributed by atoms with E-state index in [1.165, 1.54) is 29.8 Å². The Morgan fingerprint density at radius 3 is 2.95 bits per heavy atom. The fourth-order valence-electron chi connectivity index (χ4n) is 3.01. The van der Waals surface area contributed by atoms with Crippen LogP contribution in [-0.2, 0) is 17.6 Å². The van der Waals surface area contributed by atoms with E-state index in [9.17, 15) is 0 Å². The van der Waals surface area contributed by atoms with Gasteiger partial charge in [0.2, 0.25) is 0 Å². The average Bonchev–Trinajstić information content (AvgIpc) is 2.53. The number of aryl methyl sites for hydroxylation is 1. The summed E-state index contributed by atoms with van der Waals surface area (Å²) in [5.41, 5.74) is 4.81. The molecule has 22 heavy (non-hydrogen) atoms. The van der Waals surface area contributed by atoms with Crippen molar-refractivity contribution < 1.29 is 4.74 Å². The van der Waals surface area contributed by atoms with E-state index in [0.29, 0.717) is 6.61 Å². The summed E-state index contributed by atoms with van der Waals surface area (Å²) >= 11 is 9.50. The van der Waals surface area contributed by atoms with Crippen molar-refractivity contribution in [1.82, 2.24) is 4.98 Å². The van der Waals surface area contributed by atoms with E-state index in [1.54, 1.807) is 0 Å². The van der Waals surface area contributed by atoms with Crippen molar-refractivity contribution in [2.45, 2.75) is 25.7 Å². The molecule has 5 heteroatoms. The minimum Gasteiger partial charge on any atom is -0.382 e. The molecule has 0 radical (unpaired) electrons. The zero-order chi connectivity index (χ0) is 15.4. The van der Waals surface area contributed by atoms with Crippen LogP contribution in [0.4, 0.5) is 5.69 Å². The number of halogens is 2. The van der Waals surface area contributed by atoms with Crippen LogP contribution in [0.5, 0.6) is 0 Å². The zero-order valence-electron chi connectivity index (χ0n) is 12.5. The number of hydrogen-bond acceptors (Lipinski definition) is 3. The van der Waals surface area contributed by atoms with Crippen molar-refractivity contribution in [2.75, 3.05) is 30.4 Å². The topological polar surface area (TPSA) is 34.1 Å². The molecule has 0 atom stereocenters. The summed E-state index contributed by atoms with van der Waals surface area (Å²) in [6.45, 7) is 2.26. The highest BCUT2D eigenvalue weighted by Crippen LogP contribution is 2.34. The average molecular weight is 384 g/mol. The normalized spacial score (nSPS) is 14.1. The van der Waals surface area contributed by atoms with E-state index < -0.39 is 0 Å². The molecular weight excluding hydrogens is 364 g/mol. The molecule has 3 nitrogen and oxygen atoms in total. The smallest absolute Gasteiger partial charge is 0.0741 e. The monoisotopic (exact) mass is 382 g/mol. The maximum Gasteiger partial charge on any atom is 0.0741 e. The van der Waals surface area contributed by atoms with E-state index in [1.807, 2.05) is 12.1 Å². The lowest BCUT2D eigenvalue weighted by Crippen LogP contribution is -2.15. The molecule has 0 aliphatic heterocycles. The fourth-order valence-corrected chi connectivity index (χ4v) is 3.40. The van der Waals surface area contributed by atoms with E-state index in [-0.39, 0.29) is 0 Å². The van der Waals surface area contributed by atoms with Gasteiger partial charge in [0.1, 0.15) is 0 Å². The van der Waals surface area contributed by atoms with Crippen LogP contribution >= 0.6 is 27.5 Å². The second-order valence-corrected chi connectivity index (χ2v) is 6.74. The molecule has 1 aliphatic rings. The first-order valence-electron chi connectivity index (χ1n) is 7.78. The number of pyridine rings is 1. The Morgan fingerprint density at radius 2 is 2.09 bits per heavy atom. The van der Waals surface area contributed by atoms with Crippen molar-refractivity contribution in [3.05, 3.63) is 34.5 Å². The Balaban J connectivity index is 1.91. The Morgan fingerprint density at radius 1 is 1.23 bits per heavy atom. The SMILES string of the molecule is Clc1ccc2c(NCCOCCBr)c3c(nc2c1)CCCC3. The van der Waals surface area contributed by atoms with Gasteiger partial charge in [-0.25, -0.2) is 0 Å². The molecule has 0 spiro atoms. The van der Waals surface area contributed by atoms with Crippen LogP contribution in [0.25, 0.3) is 10.9 Å². The molecule has 0 saturated heterocycles. The van der Waals surface area contributed by atoms with Gasteiger partial charge in [-0.1, -0.05) is 27.5 Å². The van der Waals surface area contributed by atoms with Gasteiger partial charge in [-0.15, -0.1) is 0 Å². The van der Waals surface area contributed by atoms with Crippen LogP contribution in [0, 0.1) is 0 Å². The fraction of sp³-hybridized carbons (Fsp3) is 0.471. The third-order valence-electron chi connectivity index (χ3n) is 3.99. The number of rotatable bonds is 6. The summed E-state index contributed by atoms with van der Waals surface area (Å²) < 4.78 is 5.53. The van der Waals surface area contributed by atoms with Gasteiger partial charge in [-0.3, -0.25) is 4.98 Å². The number of anilines is 1. The summed E-state index contributed by atoms with van der Waals surface area (Å²) in [5.74, 6) is 0. The van der Waals surface area contributed by atoms with Gasteiger partial charge in [0.05, 0.1) is 18.7 Å². The lowest BCUT2D eigenvalue weighted by Gasteiger charge is -2.21. The van der Waals surface area contributed by atoms with E-state index in [2.05, 4.69) is 27.3 Å². The Labute approximate surface area is 144 Å². The van der Waals surface area contributed by atoms with Crippen molar-refractivity contribution in [1.29, 1.82) is 0 Å². The van der Waals surface area contributed by atoms with Crippen molar-refractivity contribution in [3.8, 4) is 0 Å². The molecule has 118 valence electrons. The van der Waals surface area contributed by atoms with E-state index in [4.69, 9.17) is 21.3 Å². The highest BCUT2D eigenvalue weighted by molar-refractivity contribution is 9.09. The maximum absolute atomic E-state index is 6.13. The van der Waals surface area contributed by atoms with Gasteiger partial charge in [0, 0.05) is 33.7 Å². The Bertz CT molecular complexity index is 663. The van der Waals surface area contributed by atoms with Crippen molar-refractivity contribution >= 4 is 44.1 Å². The summed E-state index contributed by atoms with van der Waals surface area (Å²) in [6, 6.07) is 5.97. The minimum atomic E-state index is 0.706. The summed E-state index contributed by atoms with van der Waals surface area (Å²) in [7, 11) is 0. The van der Waals surface area contributed by atoms with Gasteiger partial charge in [0.15, 0.2) is 0 Å². The molecule has 0 bridgehead atoms. The first-order valence-corrected chi connectivity index (χ1v) is 9.28. The molecule has 0 amide bonds. The van der Waals surface area contributed by atoms with Gasteiger partial charge >= 0.3 is 0 Å². The molecular formula is C17H20BrClN2O. The lowest BCUT2D eigenvalue weighted by molar-refractivity contribution is 0.161. The molecule has 0 unspecified atom stereocenters. The third kappa shape index (κ3) is 3.55. The highest BCUT2D eigenvalue weighted by Gasteiger charge is 2.18. The number of alkyl halides is 1. The van der Waals surface area contributed by atoms with Gasteiger partial charge in [-0.2, -0.15) is 0 Å². The van der Waals surface area contributed by atoms with Crippen molar-refractivity contribution in [3.63, 3.8) is 0 Å². The highest BCUT2D eigenvalue weighted by atomic mass is 79.9. The standard InChI is InChI=1S/C17H20BrClN2O/c18-7-9-22-10-8-20-17-13-3-1-2-4-15(13)21-16-11-12(19)5-6-14(16)17/h5-6,11H,1-4,7-10H2,(H,20,21). The second kappa shape index (κ2) is 7.62. The molecule has 1 aliphatic carbocycles. The van der Waals surface area contributed by atoms with Crippen LogP contribution in [0.15, 0.2) is 18.2 Å². The van der Waals surface area contributed by atoms with E-state index in [0.717, 1.165) is 47.2 Å². The number of fused-ring (bicyclic) bond motifs is 2. The molecule has 0 saturated carbocycles. The molecule has 1 aromatic carbocycles. The van der Waals surface area contributed by atoms with Crippen LogP contribution in [0.1, 0.15) is 24.1 Å². The lowest BCUT2D eigenvalue weighted by atomic mass is 9.92. The first-order chi connectivity index (χ1) is 10.8. The second-order valence-electron chi connectivity index (χ2n) is 5.51. The number of hydrogen-bond donors (Lipinski definition) is 1. The number of nitrogens with zero attached hydrogens (tertiary/aromatic N) is 1. The third-order valence-corrected chi connectivity index (χ3v) is 4.55. The molecule has 1 aromatic heterocycles. The Hall–Kier alpha value is -0.840. The van der Waals surface area contributed by atoms with Gasteiger partial charge < -0.3 is 10.1 Å². The van der Waals surface area contributed by atoms with Crippen LogP contribution in [0.2, 0.25) is 5.02 Å². The molecule has 1 N–H and O–H groups in total. The quantitative estimate of drug-likeness (QED) is 0.585. The number of benzene rings is 1. The molecule has 1 heterocycles. The van der Waals surface area contributed by atoms with Crippen LogP contribution < -0.4 is 5.32 Å². The molecule has 2 aromatic rings. The van der Waals surface area contributed by atoms with Crippen LogP contribution in [-0.4, -0.2) is 30.1 Å². The molecule has 3 rings (SSSR count). The first kappa shape index (κ1) is 16.0. The number of nitrogens with one attached hydrogen (secondary N) is 1. The molecule has 0 fully saturated rings. The van der Waals surface area contributed by atoms with Gasteiger partial charge in [-0.05, 0) is 49.4 Å². The summed E-state index contributed by atoms with van der Waals surface area (Å²) in [5, 5.41) is 6.34. The van der Waals surface area contributed by atoms with Crippen molar-refractivity contribution in [2.24, 2.45) is 0 Å². The summed E-state index contributed by atoms with van der Waals surface area (Å²) in [4.78, 5) is 4.83. The predicted octanol–water partition coefficient (Wildman–Crippen LogP) is 4.59.